The van der Waals surface area contributed by atoms with Crippen LogP contribution in [-0.4, -0.2) is 36.1 Å². The highest BCUT2D eigenvalue weighted by Crippen LogP contribution is 2.25. The van der Waals surface area contributed by atoms with Gasteiger partial charge in [-0.05, 0) is 18.8 Å². The molecule has 8 heteroatoms. The molecule has 3 aromatic rings. The van der Waals surface area contributed by atoms with Gasteiger partial charge in [-0.25, -0.2) is 14.5 Å². The molecule has 0 aromatic carbocycles. The van der Waals surface area contributed by atoms with Crippen molar-refractivity contribution in [3.63, 3.8) is 0 Å². The number of unbranched alkanes of at least 4 members (excludes halogenated alkanes) is 1. The molecule has 0 amide bonds. The molecule has 8 nitrogen and oxygen atoms in total. The van der Waals surface area contributed by atoms with E-state index in [0.717, 1.165) is 30.7 Å². The van der Waals surface area contributed by atoms with Gasteiger partial charge < -0.3 is 10.3 Å². The Bertz CT molecular complexity index is 1190. The van der Waals surface area contributed by atoms with E-state index in [2.05, 4.69) is 67.7 Å². The Hall–Kier alpha value is -3.42. The summed E-state index contributed by atoms with van der Waals surface area (Å²) in [7, 11) is 0. The molecule has 0 atom stereocenters. The fourth-order valence-corrected chi connectivity index (χ4v) is 3.06. The maximum atomic E-state index is 12.8. The fraction of sp³-hybridized carbons (Fsp3) is 0.462. The third-order valence-electron chi connectivity index (χ3n) is 5.51. The van der Waals surface area contributed by atoms with Crippen LogP contribution >= 0.6 is 0 Å². The number of nitrogens with one attached hydrogen (secondary N) is 3. The van der Waals surface area contributed by atoms with Crippen LogP contribution < -0.4 is 10.9 Å². The smallest absolute Gasteiger partial charge is 0.270 e. The van der Waals surface area contributed by atoms with Crippen molar-refractivity contribution in [2.75, 3.05) is 11.9 Å². The van der Waals surface area contributed by atoms with E-state index in [1.807, 2.05) is 19.9 Å². The van der Waals surface area contributed by atoms with Crippen molar-refractivity contribution in [2.24, 2.45) is 5.41 Å². The third kappa shape index (κ3) is 6.56. The summed E-state index contributed by atoms with van der Waals surface area (Å²) in [5, 5.41) is 6.21. The zero-order chi connectivity index (χ0) is 25.3. The Kier molecular flexibility index (Phi) is 9.59. The lowest BCUT2D eigenvalue weighted by Gasteiger charge is -2.18. The van der Waals surface area contributed by atoms with Gasteiger partial charge in [-0.15, -0.1) is 0 Å². The molecule has 0 aliphatic carbocycles. The average molecular weight is 466 g/mol. The van der Waals surface area contributed by atoms with Gasteiger partial charge in [0.2, 0.25) is 5.95 Å². The van der Waals surface area contributed by atoms with Crippen molar-refractivity contribution in [2.45, 2.75) is 67.7 Å². The monoisotopic (exact) mass is 465 g/mol. The number of aromatic amines is 2. The molecule has 34 heavy (non-hydrogen) atoms. The molecule has 0 unspecified atom stereocenters. The number of nitrogens with zero attached hydrogens (tertiary/aromatic N) is 4. The van der Waals surface area contributed by atoms with Crippen LogP contribution in [0.25, 0.3) is 11.2 Å². The van der Waals surface area contributed by atoms with Crippen molar-refractivity contribution in [3.8, 4) is 0 Å². The highest BCUT2D eigenvalue weighted by atomic mass is 16.1. The number of allylic oxidation sites excluding steroid dienone is 5. The van der Waals surface area contributed by atoms with E-state index < -0.39 is 0 Å². The zero-order valence-corrected chi connectivity index (χ0v) is 21.6. The topological polar surface area (TPSA) is 104 Å². The second-order valence-corrected chi connectivity index (χ2v) is 8.91. The quantitative estimate of drug-likeness (QED) is 0.285. The normalized spacial score (nSPS) is 12.4. The van der Waals surface area contributed by atoms with E-state index in [9.17, 15) is 4.79 Å². The van der Waals surface area contributed by atoms with Crippen molar-refractivity contribution in [3.05, 3.63) is 70.3 Å². The standard InChI is InChI=1S/C24H33N7O.C2H6/c1-7-9-12-26-23-29-20(17(8-2)11-10-16(3)24(4,5)6)28-21-19(22(32)30-31(21)23)13-18-14-25-15-27-18;1-2/h8,10-11,14-15H,2,7,9,12-13H2,1,3-6H3,(H,25,27)(H,30,32)(H,26,28,29);1-2H3/b16-10+,17-11+;. The number of anilines is 1. The molecule has 3 aromatic heterocycles. The van der Waals surface area contributed by atoms with Crippen LogP contribution in [0.4, 0.5) is 5.95 Å². The van der Waals surface area contributed by atoms with Crippen molar-refractivity contribution < 1.29 is 0 Å². The highest BCUT2D eigenvalue weighted by molar-refractivity contribution is 5.72. The minimum atomic E-state index is -0.197. The van der Waals surface area contributed by atoms with E-state index in [1.165, 1.54) is 5.57 Å². The molecule has 0 bridgehead atoms. The number of hydrogen-bond acceptors (Lipinski definition) is 5. The molecule has 0 fully saturated rings. The van der Waals surface area contributed by atoms with Gasteiger partial charge in [0.05, 0.1) is 11.9 Å². The lowest BCUT2D eigenvalue weighted by Crippen LogP contribution is -2.12. The van der Waals surface area contributed by atoms with Crippen LogP contribution in [0.2, 0.25) is 0 Å². The molecule has 0 aliphatic rings. The molecule has 0 radical (unpaired) electrons. The minimum absolute atomic E-state index is 0.0612. The Labute approximate surface area is 202 Å². The molecule has 3 rings (SSSR count). The van der Waals surface area contributed by atoms with Crippen LogP contribution in [-0.2, 0) is 6.42 Å². The average Bonchev–Trinajstić information content (AvgIpc) is 3.43. The first-order valence-electron chi connectivity index (χ1n) is 12.0. The van der Waals surface area contributed by atoms with Gasteiger partial charge in [-0.2, -0.15) is 4.98 Å². The highest BCUT2D eigenvalue weighted by Gasteiger charge is 2.18. The first-order valence-corrected chi connectivity index (χ1v) is 12.0. The summed E-state index contributed by atoms with van der Waals surface area (Å²) < 4.78 is 1.63. The summed E-state index contributed by atoms with van der Waals surface area (Å²) in [5.74, 6) is 1.07. The number of aromatic nitrogens is 6. The molecular weight excluding hydrogens is 426 g/mol. The van der Waals surface area contributed by atoms with Gasteiger partial charge in [0, 0.05) is 30.4 Å². The van der Waals surface area contributed by atoms with Gasteiger partial charge in [-0.3, -0.25) is 9.89 Å². The Morgan fingerprint density at radius 2 is 1.97 bits per heavy atom. The number of hydrogen-bond donors (Lipinski definition) is 3. The Morgan fingerprint density at radius 3 is 2.56 bits per heavy atom. The predicted octanol–water partition coefficient (Wildman–Crippen LogP) is 5.53. The molecule has 0 aliphatic heterocycles. The Morgan fingerprint density at radius 1 is 1.24 bits per heavy atom. The van der Waals surface area contributed by atoms with Gasteiger partial charge in [0.25, 0.3) is 5.56 Å². The van der Waals surface area contributed by atoms with Gasteiger partial charge in [-0.1, -0.05) is 78.3 Å². The van der Waals surface area contributed by atoms with Crippen molar-refractivity contribution in [1.29, 1.82) is 0 Å². The molecule has 0 saturated heterocycles. The molecule has 184 valence electrons. The van der Waals surface area contributed by atoms with Gasteiger partial charge >= 0.3 is 0 Å². The molecular formula is C26H39N7O. The van der Waals surface area contributed by atoms with Crippen molar-refractivity contribution >= 4 is 17.2 Å². The number of rotatable bonds is 9. The lowest BCUT2D eigenvalue weighted by molar-refractivity contribution is 0.504. The number of H-pyrrole nitrogens is 2. The summed E-state index contributed by atoms with van der Waals surface area (Å²) in [4.78, 5) is 29.3. The maximum absolute atomic E-state index is 12.8. The van der Waals surface area contributed by atoms with E-state index in [1.54, 1.807) is 23.1 Å². The van der Waals surface area contributed by atoms with Crippen LogP contribution in [0.3, 0.4) is 0 Å². The molecule has 0 spiro atoms. The minimum Gasteiger partial charge on any atom is -0.354 e. The number of imidazole rings is 1. The van der Waals surface area contributed by atoms with Gasteiger partial charge in [0.1, 0.15) is 0 Å². The first-order chi connectivity index (χ1) is 16.2. The van der Waals surface area contributed by atoms with Crippen LogP contribution in [0.5, 0.6) is 0 Å². The first kappa shape index (κ1) is 26.8. The van der Waals surface area contributed by atoms with Crippen molar-refractivity contribution in [1.82, 2.24) is 29.5 Å². The van der Waals surface area contributed by atoms with E-state index in [0.29, 0.717) is 29.4 Å². The third-order valence-corrected chi connectivity index (χ3v) is 5.51. The van der Waals surface area contributed by atoms with E-state index in [-0.39, 0.29) is 11.0 Å². The van der Waals surface area contributed by atoms with Crippen LogP contribution in [0.15, 0.2) is 47.7 Å². The number of fused-ring (bicyclic) bond motifs is 1. The van der Waals surface area contributed by atoms with Crippen LogP contribution in [0, 0.1) is 5.41 Å². The van der Waals surface area contributed by atoms with E-state index >= 15 is 0 Å². The lowest BCUT2D eigenvalue weighted by atomic mass is 9.87. The summed E-state index contributed by atoms with van der Waals surface area (Å²) in [5.41, 5.74) is 3.82. The summed E-state index contributed by atoms with van der Waals surface area (Å²) in [6, 6.07) is 0. The summed E-state index contributed by atoms with van der Waals surface area (Å²) >= 11 is 0. The summed E-state index contributed by atoms with van der Waals surface area (Å²) in [6.45, 7) is 19.5. The summed E-state index contributed by atoms with van der Waals surface area (Å²) in [6.07, 6.45) is 11.5. The Balaban J connectivity index is 0.00000199. The predicted molar refractivity (Wildman–Crippen MR) is 141 cm³/mol. The SMILES string of the molecule is C=C/C(=C\C=C(/C)C(C)(C)C)c1nc(NCCCC)n2[nH]c(=O)c(Cc3cnc[nH]3)c2n1.CC. The molecule has 0 saturated carbocycles. The molecule has 3 heterocycles. The van der Waals surface area contributed by atoms with E-state index in [4.69, 9.17) is 9.97 Å². The second-order valence-electron chi connectivity index (χ2n) is 8.91. The maximum Gasteiger partial charge on any atom is 0.270 e. The molecule has 3 N–H and O–H groups in total. The fourth-order valence-electron chi connectivity index (χ4n) is 3.06. The largest absolute Gasteiger partial charge is 0.354 e. The van der Waals surface area contributed by atoms with Crippen LogP contribution in [0.1, 0.15) is 78.4 Å². The van der Waals surface area contributed by atoms with Gasteiger partial charge in [0.15, 0.2) is 11.5 Å². The zero-order valence-electron chi connectivity index (χ0n) is 21.6. The second kappa shape index (κ2) is 12.2.